The Bertz CT molecular complexity index is 1390. The summed E-state index contributed by atoms with van der Waals surface area (Å²) in [5, 5.41) is 18.2. The fourth-order valence-electron chi connectivity index (χ4n) is 3.76. The van der Waals surface area contributed by atoms with Crippen molar-refractivity contribution in [3.63, 3.8) is 0 Å². The average molecular weight is 529 g/mol. The van der Waals surface area contributed by atoms with Crippen molar-refractivity contribution in [2.75, 3.05) is 0 Å². The first-order valence-corrected chi connectivity index (χ1v) is 11.8. The average Bonchev–Trinajstić information content (AvgIpc) is 3.16. The van der Waals surface area contributed by atoms with Gasteiger partial charge in [0.25, 0.3) is 5.91 Å². The van der Waals surface area contributed by atoms with Crippen molar-refractivity contribution < 1.29 is 14.7 Å². The van der Waals surface area contributed by atoms with Gasteiger partial charge in [0.2, 0.25) is 0 Å². The zero-order chi connectivity index (χ0) is 25.1. The van der Waals surface area contributed by atoms with E-state index in [1.165, 1.54) is 0 Å². The van der Waals surface area contributed by atoms with Crippen molar-refractivity contribution in [1.29, 1.82) is 0 Å². The van der Waals surface area contributed by atoms with Crippen molar-refractivity contribution in [2.24, 2.45) is 0 Å². The second-order valence-corrected chi connectivity index (χ2v) is 9.17. The molecule has 0 bridgehead atoms. The number of halogens is 3. The van der Waals surface area contributed by atoms with Crippen molar-refractivity contribution in [3.8, 4) is 16.9 Å². The third-order valence-electron chi connectivity index (χ3n) is 5.48. The Morgan fingerprint density at radius 2 is 1.63 bits per heavy atom. The van der Waals surface area contributed by atoms with Gasteiger partial charge in [0.05, 0.1) is 16.4 Å². The van der Waals surface area contributed by atoms with Gasteiger partial charge >= 0.3 is 5.97 Å². The molecule has 1 amide bonds. The van der Waals surface area contributed by atoms with Gasteiger partial charge in [-0.3, -0.25) is 4.79 Å². The zero-order valence-corrected chi connectivity index (χ0v) is 20.8. The minimum Gasteiger partial charge on any atom is -0.480 e. The Kier molecular flexibility index (Phi) is 7.45. The van der Waals surface area contributed by atoms with Crippen molar-refractivity contribution >= 4 is 46.7 Å². The fraction of sp³-hybridized carbons (Fsp3) is 0.115. The molecule has 0 aliphatic carbocycles. The lowest BCUT2D eigenvalue weighted by atomic mass is 10.0. The normalized spacial score (nSPS) is 11.8. The molecule has 1 heterocycles. The van der Waals surface area contributed by atoms with Crippen molar-refractivity contribution in [2.45, 2.75) is 19.4 Å². The number of carboxylic acids is 1. The highest BCUT2D eigenvalue weighted by atomic mass is 35.5. The van der Waals surface area contributed by atoms with Gasteiger partial charge in [-0.2, -0.15) is 5.10 Å². The molecule has 178 valence electrons. The number of carboxylic acid groups (broad SMARTS) is 1. The van der Waals surface area contributed by atoms with Crippen LogP contribution in [0.15, 0.2) is 72.8 Å². The number of aromatic nitrogens is 2. The maximum atomic E-state index is 13.3. The number of carbonyl (C=O) groups is 2. The first-order chi connectivity index (χ1) is 16.7. The smallest absolute Gasteiger partial charge is 0.326 e. The first-order valence-electron chi connectivity index (χ1n) is 10.6. The number of hydrogen-bond donors (Lipinski definition) is 2. The molecule has 1 aromatic heterocycles. The number of rotatable bonds is 7. The number of nitrogens with one attached hydrogen (secondary N) is 1. The SMILES string of the molecule is Cc1c(C(=O)N[C@@H](Cc2ccccc2)C(=O)O)nn(-c2ccc(Cl)cc2Cl)c1-c1ccc(Cl)cc1. The summed E-state index contributed by atoms with van der Waals surface area (Å²) in [5.74, 6) is -1.75. The molecule has 2 N–H and O–H groups in total. The number of nitrogens with zero attached hydrogens (tertiary/aromatic N) is 2. The van der Waals surface area contributed by atoms with Crippen LogP contribution in [0.4, 0.5) is 0 Å². The van der Waals surface area contributed by atoms with Crippen LogP contribution in [0.2, 0.25) is 15.1 Å². The van der Waals surface area contributed by atoms with E-state index in [-0.39, 0.29) is 12.1 Å². The van der Waals surface area contributed by atoms with Gasteiger partial charge in [-0.15, -0.1) is 0 Å². The first kappa shape index (κ1) is 24.8. The third kappa shape index (κ3) is 5.51. The van der Waals surface area contributed by atoms with E-state index in [9.17, 15) is 14.7 Å². The molecular formula is C26H20Cl3N3O3. The van der Waals surface area contributed by atoms with Crippen LogP contribution in [0.3, 0.4) is 0 Å². The second-order valence-electron chi connectivity index (χ2n) is 7.89. The maximum absolute atomic E-state index is 13.3. The number of aliphatic carboxylic acids is 1. The number of carbonyl (C=O) groups excluding carboxylic acids is 1. The molecule has 1 atom stereocenters. The molecule has 9 heteroatoms. The molecule has 0 spiro atoms. The van der Waals surface area contributed by atoms with Crippen LogP contribution in [0, 0.1) is 6.92 Å². The van der Waals surface area contributed by atoms with E-state index < -0.39 is 17.9 Å². The fourth-order valence-corrected chi connectivity index (χ4v) is 4.38. The highest BCUT2D eigenvalue weighted by Crippen LogP contribution is 2.33. The van der Waals surface area contributed by atoms with Crippen LogP contribution < -0.4 is 5.32 Å². The monoisotopic (exact) mass is 527 g/mol. The van der Waals surface area contributed by atoms with Crippen LogP contribution in [0.1, 0.15) is 21.6 Å². The Labute approximate surface area is 217 Å². The van der Waals surface area contributed by atoms with E-state index in [1.807, 2.05) is 42.5 Å². The number of amides is 1. The van der Waals surface area contributed by atoms with Gasteiger partial charge in [0.1, 0.15) is 6.04 Å². The Hall–Kier alpha value is -3.32. The summed E-state index contributed by atoms with van der Waals surface area (Å²) < 4.78 is 1.55. The number of hydrogen-bond acceptors (Lipinski definition) is 3. The van der Waals surface area contributed by atoms with Crippen LogP contribution in [-0.4, -0.2) is 32.8 Å². The van der Waals surface area contributed by atoms with Gasteiger partial charge in [0, 0.05) is 27.6 Å². The Morgan fingerprint density at radius 3 is 2.26 bits per heavy atom. The van der Waals surface area contributed by atoms with E-state index in [0.717, 1.165) is 11.1 Å². The van der Waals surface area contributed by atoms with Crippen molar-refractivity contribution in [1.82, 2.24) is 15.1 Å². The minimum absolute atomic E-state index is 0.0836. The van der Waals surface area contributed by atoms with Gasteiger partial charge in [0.15, 0.2) is 5.69 Å². The van der Waals surface area contributed by atoms with Gasteiger partial charge in [-0.25, -0.2) is 9.48 Å². The van der Waals surface area contributed by atoms with E-state index in [2.05, 4.69) is 10.4 Å². The maximum Gasteiger partial charge on any atom is 0.326 e. The van der Waals surface area contributed by atoms with Gasteiger partial charge in [-0.1, -0.05) is 77.3 Å². The molecule has 4 rings (SSSR count). The summed E-state index contributed by atoms with van der Waals surface area (Å²) in [7, 11) is 0. The summed E-state index contributed by atoms with van der Waals surface area (Å²) >= 11 is 18.6. The molecule has 0 aliphatic heterocycles. The van der Waals surface area contributed by atoms with Gasteiger partial charge in [-0.05, 0) is 42.8 Å². The molecule has 0 saturated carbocycles. The lowest BCUT2D eigenvalue weighted by molar-refractivity contribution is -0.139. The molecule has 0 fully saturated rings. The van der Waals surface area contributed by atoms with E-state index in [1.54, 1.807) is 41.9 Å². The van der Waals surface area contributed by atoms with Gasteiger partial charge < -0.3 is 10.4 Å². The predicted octanol–water partition coefficient (Wildman–Crippen LogP) is 6.23. The molecule has 0 saturated heterocycles. The van der Waals surface area contributed by atoms with Crippen molar-refractivity contribution in [3.05, 3.63) is 105 Å². The lowest BCUT2D eigenvalue weighted by Gasteiger charge is -2.14. The molecule has 35 heavy (non-hydrogen) atoms. The zero-order valence-electron chi connectivity index (χ0n) is 18.5. The number of benzene rings is 3. The summed E-state index contributed by atoms with van der Waals surface area (Å²) in [6.45, 7) is 1.75. The predicted molar refractivity (Wildman–Crippen MR) is 138 cm³/mol. The highest BCUT2D eigenvalue weighted by molar-refractivity contribution is 6.35. The summed E-state index contributed by atoms with van der Waals surface area (Å²) in [6.07, 6.45) is 0.134. The molecule has 0 unspecified atom stereocenters. The summed E-state index contributed by atoms with van der Waals surface area (Å²) in [6, 6.07) is 20.0. The van der Waals surface area contributed by atoms with E-state index in [0.29, 0.717) is 32.0 Å². The van der Waals surface area contributed by atoms with E-state index in [4.69, 9.17) is 34.8 Å². The molecule has 3 aromatic carbocycles. The topological polar surface area (TPSA) is 84.2 Å². The van der Waals surface area contributed by atoms with Crippen LogP contribution >= 0.6 is 34.8 Å². The van der Waals surface area contributed by atoms with Crippen LogP contribution in [0.5, 0.6) is 0 Å². The minimum atomic E-state index is -1.14. The van der Waals surface area contributed by atoms with E-state index >= 15 is 0 Å². The molecule has 0 radical (unpaired) electrons. The highest BCUT2D eigenvalue weighted by Gasteiger charge is 2.27. The largest absolute Gasteiger partial charge is 0.480 e. The lowest BCUT2D eigenvalue weighted by Crippen LogP contribution is -2.42. The summed E-state index contributed by atoms with van der Waals surface area (Å²) in [4.78, 5) is 25.2. The van der Waals surface area contributed by atoms with Crippen LogP contribution in [0.25, 0.3) is 16.9 Å². The molecule has 0 aliphatic rings. The Morgan fingerprint density at radius 1 is 0.971 bits per heavy atom. The standard InChI is InChI=1S/C26H20Cl3N3O3/c1-15-23(25(33)30-21(26(34)35)13-16-5-3-2-4-6-16)31-32(22-12-11-19(28)14-20(22)29)24(15)17-7-9-18(27)10-8-17/h2-12,14,21H,13H2,1H3,(H,30,33)(H,34,35)/t21-/m0/s1. The second kappa shape index (κ2) is 10.5. The molecule has 4 aromatic rings. The molecule has 6 nitrogen and oxygen atoms in total. The van der Waals surface area contributed by atoms with Crippen LogP contribution in [-0.2, 0) is 11.2 Å². The third-order valence-corrected chi connectivity index (χ3v) is 6.27. The quantitative estimate of drug-likeness (QED) is 0.298. The summed E-state index contributed by atoms with van der Waals surface area (Å²) in [5.41, 5.74) is 3.31. The Balaban J connectivity index is 1.76. The molecular weight excluding hydrogens is 509 g/mol.